The predicted octanol–water partition coefficient (Wildman–Crippen LogP) is 3.28. The first-order valence-corrected chi connectivity index (χ1v) is 6.57. The highest BCUT2D eigenvalue weighted by atomic mass is 16.5. The molecule has 2 heteroatoms. The summed E-state index contributed by atoms with van der Waals surface area (Å²) in [5, 5.41) is 0. The molecule has 0 aromatic heterocycles. The first-order valence-electron chi connectivity index (χ1n) is 6.57. The summed E-state index contributed by atoms with van der Waals surface area (Å²) in [6.07, 6.45) is 0.839. The molecular weight excluding hydrogens is 222 g/mol. The number of ether oxygens (including phenoxy) is 1. The van der Waals surface area contributed by atoms with Gasteiger partial charge in [0.2, 0.25) is 0 Å². The fraction of sp³-hybridized carbons (Fsp3) is 0.625. The normalized spacial score (nSPS) is 14.6. The van der Waals surface area contributed by atoms with Crippen molar-refractivity contribution in [2.75, 3.05) is 7.11 Å². The molecular formula is C16H27NO. The standard InChI is InChI=1S/C16H27NO/c1-15(2,3)13-9-7-12(8-10-13)11-14(17)16(4,5)18-6/h7-10,14H,11,17H2,1-6H3. The van der Waals surface area contributed by atoms with E-state index >= 15 is 0 Å². The summed E-state index contributed by atoms with van der Waals surface area (Å²) >= 11 is 0. The van der Waals surface area contributed by atoms with Gasteiger partial charge in [0.05, 0.1) is 5.60 Å². The van der Waals surface area contributed by atoms with Gasteiger partial charge in [-0.1, -0.05) is 45.0 Å². The Hall–Kier alpha value is -0.860. The van der Waals surface area contributed by atoms with Crippen LogP contribution >= 0.6 is 0 Å². The molecule has 1 unspecified atom stereocenters. The number of hydrogen-bond acceptors (Lipinski definition) is 2. The maximum Gasteiger partial charge on any atom is 0.0776 e. The molecule has 0 bridgehead atoms. The second-order valence-corrected chi connectivity index (χ2v) is 6.57. The topological polar surface area (TPSA) is 35.2 Å². The summed E-state index contributed by atoms with van der Waals surface area (Å²) < 4.78 is 5.42. The fourth-order valence-corrected chi connectivity index (χ4v) is 1.79. The van der Waals surface area contributed by atoms with Crippen LogP contribution in [0, 0.1) is 0 Å². The number of hydrogen-bond donors (Lipinski definition) is 1. The van der Waals surface area contributed by atoms with E-state index in [9.17, 15) is 0 Å². The van der Waals surface area contributed by atoms with Gasteiger partial charge in [0.1, 0.15) is 0 Å². The van der Waals surface area contributed by atoms with E-state index in [-0.39, 0.29) is 17.1 Å². The monoisotopic (exact) mass is 249 g/mol. The molecule has 0 heterocycles. The SMILES string of the molecule is COC(C)(C)C(N)Cc1ccc(C(C)(C)C)cc1. The minimum atomic E-state index is -0.289. The molecule has 1 aromatic carbocycles. The summed E-state index contributed by atoms with van der Waals surface area (Å²) in [6.45, 7) is 10.7. The van der Waals surface area contributed by atoms with E-state index in [1.54, 1.807) is 7.11 Å². The molecule has 0 spiro atoms. The summed E-state index contributed by atoms with van der Waals surface area (Å²) in [6, 6.07) is 8.74. The Morgan fingerprint density at radius 1 is 1.06 bits per heavy atom. The van der Waals surface area contributed by atoms with Crippen molar-refractivity contribution in [3.05, 3.63) is 35.4 Å². The van der Waals surface area contributed by atoms with Crippen molar-refractivity contribution in [1.82, 2.24) is 0 Å². The van der Waals surface area contributed by atoms with Crippen LogP contribution < -0.4 is 5.73 Å². The lowest BCUT2D eigenvalue weighted by molar-refractivity contribution is 0.000804. The summed E-state index contributed by atoms with van der Waals surface area (Å²) in [7, 11) is 1.71. The lowest BCUT2D eigenvalue weighted by atomic mass is 9.85. The van der Waals surface area contributed by atoms with Gasteiger partial charge in [0.15, 0.2) is 0 Å². The Morgan fingerprint density at radius 2 is 1.56 bits per heavy atom. The first kappa shape index (κ1) is 15.2. The number of benzene rings is 1. The van der Waals surface area contributed by atoms with Crippen molar-refractivity contribution in [3.8, 4) is 0 Å². The highest BCUT2D eigenvalue weighted by Gasteiger charge is 2.26. The van der Waals surface area contributed by atoms with Crippen molar-refractivity contribution in [3.63, 3.8) is 0 Å². The molecule has 2 N–H and O–H groups in total. The van der Waals surface area contributed by atoms with Crippen molar-refractivity contribution in [2.45, 2.75) is 58.1 Å². The third-order valence-corrected chi connectivity index (χ3v) is 3.69. The Kier molecular flexibility index (Phi) is 4.57. The van der Waals surface area contributed by atoms with Gasteiger partial charge in [0.25, 0.3) is 0 Å². The number of methoxy groups -OCH3 is 1. The Labute approximate surface area is 112 Å². The molecule has 0 fully saturated rings. The average molecular weight is 249 g/mol. The molecule has 0 radical (unpaired) electrons. The van der Waals surface area contributed by atoms with E-state index in [0.717, 1.165) is 6.42 Å². The van der Waals surface area contributed by atoms with E-state index in [2.05, 4.69) is 45.0 Å². The van der Waals surface area contributed by atoms with E-state index in [1.165, 1.54) is 11.1 Å². The quantitative estimate of drug-likeness (QED) is 0.888. The first-order chi connectivity index (χ1) is 8.16. The van der Waals surface area contributed by atoms with E-state index < -0.39 is 0 Å². The molecule has 0 saturated heterocycles. The van der Waals surface area contributed by atoms with Crippen LogP contribution in [-0.2, 0) is 16.6 Å². The molecule has 1 aromatic rings. The fourth-order valence-electron chi connectivity index (χ4n) is 1.79. The smallest absolute Gasteiger partial charge is 0.0776 e. The highest BCUT2D eigenvalue weighted by Crippen LogP contribution is 2.23. The minimum absolute atomic E-state index is 0.00277. The van der Waals surface area contributed by atoms with Crippen LogP contribution in [0.25, 0.3) is 0 Å². The summed E-state index contributed by atoms with van der Waals surface area (Å²) in [4.78, 5) is 0. The van der Waals surface area contributed by atoms with Gasteiger partial charge in [0, 0.05) is 13.2 Å². The van der Waals surface area contributed by atoms with Crippen LogP contribution in [0.15, 0.2) is 24.3 Å². The zero-order valence-electron chi connectivity index (χ0n) is 12.6. The van der Waals surface area contributed by atoms with Gasteiger partial charge < -0.3 is 10.5 Å². The lowest BCUT2D eigenvalue weighted by Gasteiger charge is -2.30. The van der Waals surface area contributed by atoms with Gasteiger partial charge in [-0.2, -0.15) is 0 Å². The van der Waals surface area contributed by atoms with E-state index in [0.29, 0.717) is 0 Å². The highest BCUT2D eigenvalue weighted by molar-refractivity contribution is 5.28. The molecule has 0 aliphatic carbocycles. The largest absolute Gasteiger partial charge is 0.377 e. The van der Waals surface area contributed by atoms with Gasteiger partial charge >= 0.3 is 0 Å². The predicted molar refractivity (Wildman–Crippen MR) is 77.9 cm³/mol. The van der Waals surface area contributed by atoms with Gasteiger partial charge in [-0.25, -0.2) is 0 Å². The Balaban J connectivity index is 2.76. The maximum atomic E-state index is 6.19. The summed E-state index contributed by atoms with van der Waals surface area (Å²) in [5.74, 6) is 0. The van der Waals surface area contributed by atoms with Crippen molar-refractivity contribution >= 4 is 0 Å². The lowest BCUT2D eigenvalue weighted by Crippen LogP contribution is -2.46. The molecule has 102 valence electrons. The van der Waals surface area contributed by atoms with Crippen molar-refractivity contribution in [1.29, 1.82) is 0 Å². The Bertz CT molecular complexity index is 373. The number of nitrogens with two attached hydrogens (primary N) is 1. The maximum absolute atomic E-state index is 6.19. The van der Waals surface area contributed by atoms with Gasteiger partial charge in [-0.3, -0.25) is 0 Å². The van der Waals surface area contributed by atoms with Crippen LogP contribution in [0.4, 0.5) is 0 Å². The molecule has 1 atom stereocenters. The zero-order chi connectivity index (χ0) is 14.0. The second-order valence-electron chi connectivity index (χ2n) is 6.57. The zero-order valence-corrected chi connectivity index (χ0v) is 12.6. The molecule has 0 saturated carbocycles. The third kappa shape index (κ3) is 3.82. The molecule has 18 heavy (non-hydrogen) atoms. The van der Waals surface area contributed by atoms with Crippen LogP contribution in [-0.4, -0.2) is 18.8 Å². The molecule has 1 rings (SSSR count). The second kappa shape index (κ2) is 5.41. The Morgan fingerprint density at radius 3 is 1.94 bits per heavy atom. The number of rotatable bonds is 4. The molecule has 0 aliphatic heterocycles. The molecule has 2 nitrogen and oxygen atoms in total. The average Bonchev–Trinajstić information content (AvgIpc) is 2.28. The van der Waals surface area contributed by atoms with Crippen LogP contribution in [0.5, 0.6) is 0 Å². The van der Waals surface area contributed by atoms with Crippen molar-refractivity contribution < 1.29 is 4.74 Å². The van der Waals surface area contributed by atoms with E-state index in [1.807, 2.05) is 13.8 Å². The third-order valence-electron chi connectivity index (χ3n) is 3.69. The van der Waals surface area contributed by atoms with Crippen molar-refractivity contribution in [2.24, 2.45) is 5.73 Å². The van der Waals surface area contributed by atoms with Crippen LogP contribution in [0.3, 0.4) is 0 Å². The van der Waals surface area contributed by atoms with Gasteiger partial charge in [-0.15, -0.1) is 0 Å². The van der Waals surface area contributed by atoms with Crippen LogP contribution in [0.1, 0.15) is 45.7 Å². The van der Waals surface area contributed by atoms with Gasteiger partial charge in [-0.05, 0) is 36.8 Å². The molecule has 0 aliphatic rings. The van der Waals surface area contributed by atoms with Crippen LogP contribution in [0.2, 0.25) is 0 Å². The molecule has 0 amide bonds. The summed E-state index contributed by atoms with van der Waals surface area (Å²) in [5.41, 5.74) is 8.72. The minimum Gasteiger partial charge on any atom is -0.377 e. The van der Waals surface area contributed by atoms with E-state index in [4.69, 9.17) is 10.5 Å².